The van der Waals surface area contributed by atoms with Crippen molar-refractivity contribution in [1.29, 1.82) is 5.26 Å². The molecule has 16 heavy (non-hydrogen) atoms. The van der Waals surface area contributed by atoms with Crippen LogP contribution >= 0.6 is 0 Å². The largest absolute Gasteiger partial charge is 0.370 e. The third-order valence-electron chi connectivity index (χ3n) is 3.15. The topological polar surface area (TPSA) is 78.8 Å². The van der Waals surface area contributed by atoms with Gasteiger partial charge in [-0.15, -0.1) is 0 Å². The monoisotopic (exact) mass is 219 g/mol. The minimum Gasteiger partial charge on any atom is -0.370 e. The van der Waals surface area contributed by atoms with E-state index >= 15 is 0 Å². The number of H-pyrrole nitrogens is 1. The fourth-order valence-electron chi connectivity index (χ4n) is 2.19. The number of aromatic amines is 1. The van der Waals surface area contributed by atoms with Crippen molar-refractivity contribution in [3.63, 3.8) is 0 Å². The number of hydrogen-bond donors (Lipinski definition) is 1. The highest BCUT2D eigenvalue weighted by Gasteiger charge is 2.38. The summed E-state index contributed by atoms with van der Waals surface area (Å²) in [7, 11) is 1.63. The van der Waals surface area contributed by atoms with Crippen LogP contribution in [0.25, 0.3) is 0 Å². The Hall–Kier alpha value is -1.67. The molecule has 1 heterocycles. The molecule has 1 fully saturated rings. The zero-order valence-corrected chi connectivity index (χ0v) is 9.12. The Morgan fingerprint density at radius 3 is 2.75 bits per heavy atom. The fourth-order valence-corrected chi connectivity index (χ4v) is 2.19. The van der Waals surface area contributed by atoms with Crippen molar-refractivity contribution < 1.29 is 4.74 Å². The molecule has 1 aromatic rings. The number of nitrogens with one attached hydrogen (secondary N) is 1. The highest BCUT2D eigenvalue weighted by Crippen LogP contribution is 2.39. The Morgan fingerprint density at radius 1 is 1.56 bits per heavy atom. The SMILES string of the molecule is COC1(c2ncc(C#N)c(=O)[nH]2)CCCC1. The molecule has 5 heteroatoms. The van der Waals surface area contributed by atoms with Gasteiger partial charge in [0.2, 0.25) is 0 Å². The van der Waals surface area contributed by atoms with E-state index in [4.69, 9.17) is 10.00 Å². The van der Waals surface area contributed by atoms with E-state index in [1.54, 1.807) is 13.2 Å². The first kappa shape index (κ1) is 10.8. The normalized spacial score (nSPS) is 18.2. The van der Waals surface area contributed by atoms with Crippen LogP contribution in [0.3, 0.4) is 0 Å². The maximum Gasteiger partial charge on any atom is 0.268 e. The van der Waals surface area contributed by atoms with Crippen LogP contribution in [0, 0.1) is 11.3 Å². The van der Waals surface area contributed by atoms with Crippen molar-refractivity contribution in [2.75, 3.05) is 7.11 Å². The van der Waals surface area contributed by atoms with Gasteiger partial charge in [-0.1, -0.05) is 0 Å². The van der Waals surface area contributed by atoms with Crippen LogP contribution in [-0.4, -0.2) is 17.1 Å². The Bertz CT molecular complexity index is 481. The van der Waals surface area contributed by atoms with E-state index in [2.05, 4.69) is 9.97 Å². The molecule has 1 N–H and O–H groups in total. The average Bonchev–Trinajstić information content (AvgIpc) is 2.78. The van der Waals surface area contributed by atoms with E-state index in [-0.39, 0.29) is 5.56 Å². The highest BCUT2D eigenvalue weighted by atomic mass is 16.5. The third kappa shape index (κ3) is 1.61. The summed E-state index contributed by atoms with van der Waals surface area (Å²) in [6.07, 6.45) is 5.17. The van der Waals surface area contributed by atoms with Crippen molar-refractivity contribution in [2.24, 2.45) is 0 Å². The third-order valence-corrected chi connectivity index (χ3v) is 3.15. The maximum absolute atomic E-state index is 11.5. The van der Waals surface area contributed by atoms with Crippen LogP contribution in [0.5, 0.6) is 0 Å². The van der Waals surface area contributed by atoms with Gasteiger partial charge in [-0.3, -0.25) is 4.79 Å². The van der Waals surface area contributed by atoms with Crippen molar-refractivity contribution in [2.45, 2.75) is 31.3 Å². The molecule has 0 saturated heterocycles. The van der Waals surface area contributed by atoms with Crippen LogP contribution in [0.15, 0.2) is 11.0 Å². The zero-order valence-electron chi connectivity index (χ0n) is 9.12. The molecule has 0 aromatic carbocycles. The van der Waals surface area contributed by atoms with Gasteiger partial charge < -0.3 is 9.72 Å². The molecule has 1 aromatic heterocycles. The smallest absolute Gasteiger partial charge is 0.268 e. The van der Waals surface area contributed by atoms with Crippen molar-refractivity contribution in [3.05, 3.63) is 27.9 Å². The van der Waals surface area contributed by atoms with E-state index < -0.39 is 11.2 Å². The Balaban J connectivity index is 2.45. The van der Waals surface area contributed by atoms with Gasteiger partial charge in [0.25, 0.3) is 5.56 Å². The second kappa shape index (κ2) is 4.06. The lowest BCUT2D eigenvalue weighted by atomic mass is 10.0. The maximum atomic E-state index is 11.5. The summed E-state index contributed by atoms with van der Waals surface area (Å²) in [5, 5.41) is 8.65. The van der Waals surface area contributed by atoms with Crippen molar-refractivity contribution in [3.8, 4) is 6.07 Å². The van der Waals surface area contributed by atoms with E-state index in [1.165, 1.54) is 6.20 Å². The number of methoxy groups -OCH3 is 1. The fraction of sp³-hybridized carbons (Fsp3) is 0.545. The summed E-state index contributed by atoms with van der Waals surface area (Å²) in [6, 6.07) is 1.80. The van der Waals surface area contributed by atoms with Crippen LogP contribution < -0.4 is 5.56 Å². The zero-order chi connectivity index (χ0) is 11.6. The molecule has 1 aliphatic rings. The Morgan fingerprint density at radius 2 is 2.25 bits per heavy atom. The molecule has 0 radical (unpaired) electrons. The van der Waals surface area contributed by atoms with Gasteiger partial charge >= 0.3 is 0 Å². The van der Waals surface area contributed by atoms with Gasteiger partial charge in [-0.05, 0) is 25.7 Å². The lowest BCUT2D eigenvalue weighted by molar-refractivity contribution is -0.0165. The summed E-state index contributed by atoms with van der Waals surface area (Å²) >= 11 is 0. The quantitative estimate of drug-likeness (QED) is 0.806. The second-order valence-electron chi connectivity index (χ2n) is 3.99. The van der Waals surface area contributed by atoms with E-state index in [9.17, 15) is 4.79 Å². The van der Waals surface area contributed by atoms with Gasteiger partial charge in [0, 0.05) is 7.11 Å². The molecule has 0 spiro atoms. The molecule has 2 rings (SSSR count). The molecule has 0 aliphatic heterocycles. The van der Waals surface area contributed by atoms with E-state index in [1.807, 2.05) is 0 Å². The summed E-state index contributed by atoms with van der Waals surface area (Å²) in [4.78, 5) is 18.3. The number of nitrogens with zero attached hydrogens (tertiary/aromatic N) is 2. The highest BCUT2D eigenvalue weighted by molar-refractivity contribution is 5.23. The van der Waals surface area contributed by atoms with Crippen LogP contribution in [-0.2, 0) is 10.3 Å². The standard InChI is InChI=1S/C11H13N3O2/c1-16-11(4-2-3-5-11)10-13-7-8(6-12)9(15)14-10/h7H,2-5H2,1H3,(H,13,14,15). The predicted octanol–water partition coefficient (Wildman–Crippen LogP) is 1.06. The lowest BCUT2D eigenvalue weighted by Gasteiger charge is -2.25. The molecule has 5 nitrogen and oxygen atoms in total. The number of ether oxygens (including phenoxy) is 1. The van der Waals surface area contributed by atoms with Gasteiger partial charge in [0.15, 0.2) is 0 Å². The first-order valence-corrected chi connectivity index (χ1v) is 5.27. The molecular weight excluding hydrogens is 206 g/mol. The van der Waals surface area contributed by atoms with Gasteiger partial charge in [-0.2, -0.15) is 5.26 Å². The Labute approximate surface area is 93.1 Å². The molecule has 84 valence electrons. The molecule has 1 saturated carbocycles. The summed E-state index contributed by atoms with van der Waals surface area (Å²) < 4.78 is 5.50. The Kier molecular flexibility index (Phi) is 2.75. The minimum absolute atomic E-state index is 0.0352. The molecule has 0 atom stereocenters. The van der Waals surface area contributed by atoms with Crippen LogP contribution in [0.2, 0.25) is 0 Å². The predicted molar refractivity (Wildman–Crippen MR) is 56.7 cm³/mol. The molecular formula is C11H13N3O2. The van der Waals surface area contributed by atoms with Crippen LogP contribution in [0.1, 0.15) is 37.1 Å². The average molecular weight is 219 g/mol. The van der Waals surface area contributed by atoms with Crippen LogP contribution in [0.4, 0.5) is 0 Å². The summed E-state index contributed by atoms with van der Waals surface area (Å²) in [6.45, 7) is 0. The number of hydrogen-bond acceptors (Lipinski definition) is 4. The van der Waals surface area contributed by atoms with E-state index in [0.29, 0.717) is 5.82 Å². The van der Waals surface area contributed by atoms with Gasteiger partial charge in [-0.25, -0.2) is 4.98 Å². The second-order valence-corrected chi connectivity index (χ2v) is 3.99. The number of rotatable bonds is 2. The van der Waals surface area contributed by atoms with Gasteiger partial charge in [0.1, 0.15) is 23.1 Å². The molecule has 1 aliphatic carbocycles. The molecule has 0 amide bonds. The lowest BCUT2D eigenvalue weighted by Crippen LogP contribution is -2.30. The number of nitriles is 1. The minimum atomic E-state index is -0.465. The molecule has 0 unspecified atom stereocenters. The van der Waals surface area contributed by atoms with Crippen molar-refractivity contribution >= 4 is 0 Å². The van der Waals surface area contributed by atoms with Crippen molar-refractivity contribution in [1.82, 2.24) is 9.97 Å². The first-order valence-electron chi connectivity index (χ1n) is 5.27. The summed E-state index contributed by atoms with van der Waals surface area (Å²) in [5.41, 5.74) is -0.823. The summed E-state index contributed by atoms with van der Waals surface area (Å²) in [5.74, 6) is 0.538. The first-order chi connectivity index (χ1) is 7.72. The molecule has 0 bridgehead atoms. The van der Waals surface area contributed by atoms with E-state index in [0.717, 1.165) is 25.7 Å². The number of aromatic nitrogens is 2. The van der Waals surface area contributed by atoms with Gasteiger partial charge in [0.05, 0.1) is 6.20 Å².